The fourth-order valence-electron chi connectivity index (χ4n) is 1.89. The molecule has 2 heterocycles. The Morgan fingerprint density at radius 2 is 2.10 bits per heavy atom. The van der Waals surface area contributed by atoms with Crippen LogP contribution in [0.25, 0.3) is 11.1 Å². The summed E-state index contributed by atoms with van der Waals surface area (Å²) in [4.78, 5) is 24.1. The molecule has 0 aromatic carbocycles. The second-order valence-corrected chi connectivity index (χ2v) is 4.88. The third kappa shape index (κ3) is 2.81. The number of furan rings is 1. The van der Waals surface area contributed by atoms with Crippen LogP contribution in [0, 0.1) is 0 Å². The summed E-state index contributed by atoms with van der Waals surface area (Å²) in [6.45, 7) is 0. The highest BCUT2D eigenvalue weighted by Crippen LogP contribution is 2.38. The van der Waals surface area contributed by atoms with Crippen molar-refractivity contribution in [3.05, 3.63) is 18.0 Å². The topological polar surface area (TPSA) is 71.2 Å². The summed E-state index contributed by atoms with van der Waals surface area (Å²) in [6.07, 6.45) is 3.23. The number of rotatable bonds is 4. The number of hydrogen-bond donors (Lipinski definition) is 0. The molecular weight excluding hydrogens is 272 g/mol. The highest BCUT2D eigenvalue weighted by molar-refractivity contribution is 6.07. The molecule has 0 N–H and O–H groups in total. The van der Waals surface area contributed by atoms with Crippen molar-refractivity contribution in [3.63, 3.8) is 0 Å². The number of anilines is 1. The van der Waals surface area contributed by atoms with Gasteiger partial charge in [-0.1, -0.05) is 0 Å². The Balaban J connectivity index is 2.76. The maximum atomic E-state index is 11.9. The fourth-order valence-corrected chi connectivity index (χ4v) is 1.89. The average molecular weight is 290 g/mol. The highest BCUT2D eigenvalue weighted by Gasteiger charge is 2.24. The van der Waals surface area contributed by atoms with Crippen LogP contribution in [0.4, 0.5) is 11.4 Å². The number of carbonyl (C=O) groups excluding carboxylic acids is 1. The Kier molecular flexibility index (Phi) is 4.11. The van der Waals surface area contributed by atoms with E-state index in [1.54, 1.807) is 17.4 Å². The van der Waals surface area contributed by atoms with Crippen LogP contribution < -0.4 is 4.90 Å². The van der Waals surface area contributed by atoms with Crippen molar-refractivity contribution in [2.45, 2.75) is 0 Å². The van der Waals surface area contributed by atoms with Gasteiger partial charge in [0, 0.05) is 34.4 Å². The van der Waals surface area contributed by atoms with Crippen LogP contribution in [-0.2, 0) is 4.74 Å². The van der Waals surface area contributed by atoms with Crippen molar-refractivity contribution in [3.8, 4) is 0 Å². The van der Waals surface area contributed by atoms with E-state index in [0.717, 1.165) is 5.69 Å². The lowest BCUT2D eigenvalue weighted by Crippen LogP contribution is -2.09. The maximum absolute atomic E-state index is 11.9. The zero-order valence-electron chi connectivity index (χ0n) is 12.7. The van der Waals surface area contributed by atoms with Gasteiger partial charge in [0.2, 0.25) is 11.5 Å². The number of esters is 1. The number of methoxy groups -OCH3 is 1. The molecular formula is C14H18N4O3. The molecule has 7 nitrogen and oxygen atoms in total. The van der Waals surface area contributed by atoms with Crippen LogP contribution in [-0.4, -0.2) is 57.5 Å². The van der Waals surface area contributed by atoms with E-state index in [4.69, 9.17) is 9.15 Å². The van der Waals surface area contributed by atoms with Gasteiger partial charge in [0.05, 0.1) is 24.5 Å². The van der Waals surface area contributed by atoms with E-state index in [1.807, 2.05) is 39.2 Å². The number of nitrogens with zero attached hydrogens (tertiary/aromatic N) is 4. The molecule has 0 bridgehead atoms. The molecule has 0 aliphatic rings. The molecule has 0 fully saturated rings. The largest absolute Gasteiger partial charge is 0.463 e. The van der Waals surface area contributed by atoms with Gasteiger partial charge in [0.15, 0.2) is 0 Å². The maximum Gasteiger partial charge on any atom is 0.376 e. The Morgan fingerprint density at radius 3 is 2.67 bits per heavy atom. The van der Waals surface area contributed by atoms with Crippen LogP contribution in [0.15, 0.2) is 21.7 Å². The monoisotopic (exact) mass is 290 g/mol. The molecule has 0 aliphatic carbocycles. The fraction of sp³-hybridized carbons (Fsp3) is 0.357. The minimum absolute atomic E-state index is 0.0485. The summed E-state index contributed by atoms with van der Waals surface area (Å²) in [7, 11) is 8.79. The minimum atomic E-state index is -0.580. The molecule has 0 unspecified atom stereocenters. The molecule has 2 rings (SSSR count). The molecule has 21 heavy (non-hydrogen) atoms. The van der Waals surface area contributed by atoms with Gasteiger partial charge < -0.3 is 19.0 Å². The second-order valence-electron chi connectivity index (χ2n) is 4.88. The predicted octanol–water partition coefficient (Wildman–Crippen LogP) is 1.90. The molecule has 2 aromatic rings. The number of pyridine rings is 1. The third-order valence-electron chi connectivity index (χ3n) is 2.82. The minimum Gasteiger partial charge on any atom is -0.463 e. The number of hydrogen-bond acceptors (Lipinski definition) is 6. The lowest BCUT2D eigenvalue weighted by Gasteiger charge is -2.13. The zero-order chi connectivity index (χ0) is 15.6. The Labute approximate surface area is 122 Å². The van der Waals surface area contributed by atoms with E-state index < -0.39 is 5.97 Å². The van der Waals surface area contributed by atoms with Crippen molar-refractivity contribution >= 4 is 34.8 Å². The molecule has 0 radical (unpaired) electrons. The Hall–Kier alpha value is -2.57. The molecule has 0 spiro atoms. The van der Waals surface area contributed by atoms with Crippen LogP contribution in [0.1, 0.15) is 10.6 Å². The summed E-state index contributed by atoms with van der Waals surface area (Å²) in [6, 6.07) is 1.84. The van der Waals surface area contributed by atoms with E-state index in [2.05, 4.69) is 9.98 Å². The van der Waals surface area contributed by atoms with Gasteiger partial charge in [0.25, 0.3) is 0 Å². The summed E-state index contributed by atoms with van der Waals surface area (Å²) >= 11 is 0. The van der Waals surface area contributed by atoms with E-state index in [9.17, 15) is 4.79 Å². The van der Waals surface area contributed by atoms with Gasteiger partial charge in [-0.15, -0.1) is 0 Å². The van der Waals surface area contributed by atoms with Crippen LogP contribution >= 0.6 is 0 Å². The summed E-state index contributed by atoms with van der Waals surface area (Å²) in [5.74, 6) is -0.531. The number of aromatic nitrogens is 1. The zero-order valence-corrected chi connectivity index (χ0v) is 12.7. The number of ether oxygens (including phenoxy) is 1. The summed E-state index contributed by atoms with van der Waals surface area (Å²) in [5.41, 5.74) is 1.64. The molecule has 0 saturated carbocycles. The van der Waals surface area contributed by atoms with Crippen LogP contribution in [0.5, 0.6) is 0 Å². The molecule has 2 aromatic heterocycles. The smallest absolute Gasteiger partial charge is 0.376 e. The number of carbonyl (C=O) groups is 1. The molecule has 0 amide bonds. The lowest BCUT2D eigenvalue weighted by molar-refractivity contribution is 0.0568. The van der Waals surface area contributed by atoms with Crippen molar-refractivity contribution in [2.24, 2.45) is 4.99 Å². The highest BCUT2D eigenvalue weighted by atomic mass is 16.5. The Bertz CT molecular complexity index is 689. The van der Waals surface area contributed by atoms with Gasteiger partial charge >= 0.3 is 5.97 Å². The number of fused-ring (bicyclic) bond motifs is 1. The number of aliphatic imine (C=N–C) groups is 1. The first-order chi connectivity index (χ1) is 9.95. The first kappa shape index (κ1) is 14.8. The van der Waals surface area contributed by atoms with Gasteiger partial charge in [-0.05, 0) is 6.07 Å². The predicted molar refractivity (Wildman–Crippen MR) is 81.5 cm³/mol. The molecule has 0 aliphatic heterocycles. The molecule has 7 heteroatoms. The van der Waals surface area contributed by atoms with Crippen molar-refractivity contribution in [2.75, 3.05) is 40.2 Å². The standard InChI is InChI=1S/C14H18N4O3/c1-17(2)8-16-11-10-9(18(3)4)6-7-15-13(10)21-12(11)14(19)20-5/h6-8H,1-5H3. The van der Waals surface area contributed by atoms with Crippen molar-refractivity contribution in [1.82, 2.24) is 9.88 Å². The Morgan fingerprint density at radius 1 is 1.38 bits per heavy atom. The molecule has 0 saturated heterocycles. The van der Waals surface area contributed by atoms with Crippen molar-refractivity contribution in [1.29, 1.82) is 0 Å². The summed E-state index contributed by atoms with van der Waals surface area (Å²) in [5, 5.41) is 0.681. The quantitative estimate of drug-likeness (QED) is 0.486. The van der Waals surface area contributed by atoms with Crippen LogP contribution in [0.3, 0.4) is 0 Å². The average Bonchev–Trinajstić information content (AvgIpc) is 2.82. The third-order valence-corrected chi connectivity index (χ3v) is 2.82. The van der Waals surface area contributed by atoms with E-state index in [0.29, 0.717) is 16.8 Å². The SMILES string of the molecule is COC(=O)c1oc2nccc(N(C)C)c2c1N=CN(C)C. The lowest BCUT2D eigenvalue weighted by atomic mass is 10.2. The van der Waals surface area contributed by atoms with Gasteiger partial charge in [-0.25, -0.2) is 14.8 Å². The first-order valence-electron chi connectivity index (χ1n) is 6.33. The van der Waals surface area contributed by atoms with Gasteiger partial charge in [-0.3, -0.25) is 0 Å². The normalized spacial score (nSPS) is 11.1. The first-order valence-corrected chi connectivity index (χ1v) is 6.33. The second kappa shape index (κ2) is 5.82. The van der Waals surface area contributed by atoms with Gasteiger partial charge in [-0.2, -0.15) is 0 Å². The summed E-state index contributed by atoms with van der Waals surface area (Å²) < 4.78 is 10.3. The molecule has 112 valence electrons. The van der Waals surface area contributed by atoms with E-state index in [1.165, 1.54) is 7.11 Å². The van der Waals surface area contributed by atoms with Gasteiger partial charge in [0.1, 0.15) is 5.69 Å². The van der Waals surface area contributed by atoms with E-state index in [-0.39, 0.29) is 5.76 Å². The van der Waals surface area contributed by atoms with Crippen molar-refractivity contribution < 1.29 is 13.9 Å². The molecule has 0 atom stereocenters. The van der Waals surface area contributed by atoms with Crippen LogP contribution in [0.2, 0.25) is 0 Å². The van der Waals surface area contributed by atoms with E-state index >= 15 is 0 Å².